The van der Waals surface area contributed by atoms with Gasteiger partial charge in [-0.3, -0.25) is 0 Å². The van der Waals surface area contributed by atoms with Crippen LogP contribution in [0.3, 0.4) is 0 Å². The molecule has 0 atom stereocenters. The van der Waals surface area contributed by atoms with Crippen molar-refractivity contribution in [3.05, 3.63) is 449 Å². The standard InChI is InChI=1S/2C42H26S.C36H22S/c1-2-15-35-33(13-1)34-14-3-4-16-36(34)39-25-31(19-21-37(35)39)29-11-7-9-27(23-29)28-10-8-12-30(24-28)32-20-22-42-40(26-32)38-17-5-6-18-41(38)43-42;1-2-9-27(10-3-1)30-18-21-41-39(25-30)40-26-32(19-22-42(40)43-41)29-12-8-11-28(23-29)31-17-20-37-35-15-5-4-13-33(35)34-14-6-7-16-36(34)38(37)24-31;1-2-10-26(24-18-20-33-32-15-7-8-16-35(32)37-36(33)22-24)25(9-1)23-17-19-31-29-13-4-3-11-27(29)28-12-5-6-14-30(28)34(31)21-23/h2*1-26H;1-22H. The highest BCUT2D eigenvalue weighted by molar-refractivity contribution is 7.26. The van der Waals surface area contributed by atoms with Gasteiger partial charge in [0, 0.05) is 60.5 Å². The molecule has 0 nitrogen and oxygen atoms in total. The third-order valence-electron chi connectivity index (χ3n) is 25.4. The molecule has 0 saturated heterocycles. The maximum absolute atomic E-state index is 2.39. The summed E-state index contributed by atoms with van der Waals surface area (Å²) in [6.07, 6.45) is 0. The Morgan fingerprint density at radius 2 is 0.285 bits per heavy atom. The largest absolute Gasteiger partial charge is 0.135 e. The molecule has 0 saturated carbocycles. The average Bonchev–Trinajstić information content (AvgIpc) is 0.783. The lowest BCUT2D eigenvalue weighted by atomic mass is 9.90. The Bertz CT molecular complexity index is 8670. The first kappa shape index (κ1) is 72.1. The molecule has 3 aromatic heterocycles. The quantitative estimate of drug-likeness (QED) is 0.133. The molecule has 26 rings (SSSR count). The van der Waals surface area contributed by atoms with E-state index in [1.54, 1.807) is 0 Å². The molecule has 26 aromatic rings. The first-order valence-corrected chi connectivity index (χ1v) is 44.7. The smallest absolute Gasteiger partial charge is 0.0361 e. The van der Waals surface area contributed by atoms with Gasteiger partial charge in [-0.15, -0.1) is 34.0 Å². The SMILES string of the molecule is c1cc(-c2cccc(-c3ccc4c5ccccc5c5ccccc5c4c3)c2)cc(-c2ccc3sc4ccccc4c3c2)c1.c1ccc(-c2ccc3c4ccccc4c4ccccc4c3c2)c(-c2ccc3c(c2)sc2ccccc23)c1.c1ccc(-c2ccc3sc4ccc(-c5cccc(-c6ccc7c8ccccc8c8ccccc8c7c6)c5)cc4c3c2)cc1. The molecule has 23 aromatic carbocycles. The van der Waals surface area contributed by atoms with Crippen LogP contribution in [0.15, 0.2) is 449 Å². The van der Waals surface area contributed by atoms with Crippen LogP contribution in [0.25, 0.3) is 246 Å². The van der Waals surface area contributed by atoms with Crippen LogP contribution in [0.1, 0.15) is 0 Å². The van der Waals surface area contributed by atoms with Crippen LogP contribution in [0, 0.1) is 0 Å². The van der Waals surface area contributed by atoms with Gasteiger partial charge in [0.05, 0.1) is 0 Å². The second-order valence-corrected chi connectivity index (χ2v) is 35.6. The highest BCUT2D eigenvalue weighted by atomic mass is 32.1. The van der Waals surface area contributed by atoms with E-state index in [-0.39, 0.29) is 0 Å². The van der Waals surface area contributed by atoms with E-state index >= 15 is 0 Å². The zero-order chi connectivity index (χ0) is 81.0. The van der Waals surface area contributed by atoms with Crippen LogP contribution in [0.4, 0.5) is 0 Å². The van der Waals surface area contributed by atoms with Gasteiger partial charge >= 0.3 is 0 Å². The summed E-state index contributed by atoms with van der Waals surface area (Å²) >= 11 is 5.62. The summed E-state index contributed by atoms with van der Waals surface area (Å²) in [6, 6.07) is 165. The van der Waals surface area contributed by atoms with Gasteiger partial charge in [-0.2, -0.15) is 0 Å². The van der Waals surface area contributed by atoms with Crippen molar-refractivity contribution < 1.29 is 0 Å². The predicted octanol–water partition coefficient (Wildman–Crippen LogP) is 35.9. The Kier molecular flexibility index (Phi) is 17.6. The molecule has 0 aliphatic carbocycles. The zero-order valence-electron chi connectivity index (χ0n) is 66.9. The molecule has 0 amide bonds. The molecular weight excluding hydrogens is 1540 g/mol. The Hall–Kier alpha value is -14.9. The Labute approximate surface area is 723 Å². The molecule has 0 N–H and O–H groups in total. The number of fused-ring (bicyclic) bond motifs is 27. The first-order valence-electron chi connectivity index (χ1n) is 42.2. The Morgan fingerprint density at radius 3 is 0.642 bits per heavy atom. The van der Waals surface area contributed by atoms with Crippen molar-refractivity contribution in [1.82, 2.24) is 0 Å². The molecule has 0 unspecified atom stereocenters. The zero-order valence-corrected chi connectivity index (χ0v) is 69.4. The average molecular weight is 1610 g/mol. The van der Waals surface area contributed by atoms with Crippen LogP contribution in [0.2, 0.25) is 0 Å². The molecule has 123 heavy (non-hydrogen) atoms. The second-order valence-electron chi connectivity index (χ2n) is 32.4. The van der Waals surface area contributed by atoms with Crippen molar-refractivity contribution in [2.24, 2.45) is 0 Å². The van der Waals surface area contributed by atoms with Crippen molar-refractivity contribution in [3.8, 4) is 89.0 Å². The maximum atomic E-state index is 2.39. The Balaban J connectivity index is 0.000000104. The molecule has 0 fully saturated rings. The normalized spacial score (nSPS) is 11.7. The fraction of sp³-hybridized carbons (Fsp3) is 0. The van der Waals surface area contributed by atoms with E-state index in [1.165, 1.54) is 246 Å². The molecule has 572 valence electrons. The highest BCUT2D eigenvalue weighted by Crippen LogP contribution is 2.47. The number of hydrogen-bond acceptors (Lipinski definition) is 3. The van der Waals surface area contributed by atoms with E-state index in [9.17, 15) is 0 Å². The number of benzene rings is 23. The van der Waals surface area contributed by atoms with Crippen LogP contribution < -0.4 is 0 Å². The van der Waals surface area contributed by atoms with Crippen molar-refractivity contribution in [3.63, 3.8) is 0 Å². The third kappa shape index (κ3) is 12.7. The molecule has 0 aliphatic rings. The van der Waals surface area contributed by atoms with Crippen molar-refractivity contribution in [2.45, 2.75) is 0 Å². The fourth-order valence-electron chi connectivity index (χ4n) is 19.4. The topological polar surface area (TPSA) is 0 Å². The van der Waals surface area contributed by atoms with E-state index < -0.39 is 0 Å². The van der Waals surface area contributed by atoms with Crippen LogP contribution >= 0.6 is 34.0 Å². The van der Waals surface area contributed by atoms with Crippen molar-refractivity contribution in [1.29, 1.82) is 0 Å². The van der Waals surface area contributed by atoms with Gasteiger partial charge in [-0.25, -0.2) is 0 Å². The van der Waals surface area contributed by atoms with E-state index in [0.29, 0.717) is 0 Å². The summed E-state index contributed by atoms with van der Waals surface area (Å²) in [5.74, 6) is 0. The minimum absolute atomic E-state index is 1.23. The summed E-state index contributed by atoms with van der Waals surface area (Å²) < 4.78 is 8.02. The molecule has 0 spiro atoms. The van der Waals surface area contributed by atoms with E-state index in [4.69, 9.17) is 0 Å². The maximum Gasteiger partial charge on any atom is 0.0361 e. The summed E-state index contributed by atoms with van der Waals surface area (Å²) in [7, 11) is 0. The van der Waals surface area contributed by atoms with Gasteiger partial charge in [0.2, 0.25) is 0 Å². The van der Waals surface area contributed by atoms with Gasteiger partial charge in [-0.05, 0) is 277 Å². The second kappa shape index (κ2) is 30.1. The van der Waals surface area contributed by atoms with Gasteiger partial charge in [0.1, 0.15) is 0 Å². The minimum atomic E-state index is 1.23. The van der Waals surface area contributed by atoms with Crippen LogP contribution in [0.5, 0.6) is 0 Å². The van der Waals surface area contributed by atoms with Crippen molar-refractivity contribution in [2.75, 3.05) is 0 Å². The summed E-state index contributed by atoms with van der Waals surface area (Å²) in [6.45, 7) is 0. The molecule has 0 aliphatic heterocycles. The van der Waals surface area contributed by atoms with Crippen LogP contribution in [-0.2, 0) is 0 Å². The minimum Gasteiger partial charge on any atom is -0.135 e. The molecule has 0 radical (unpaired) electrons. The van der Waals surface area contributed by atoms with E-state index in [2.05, 4.69) is 449 Å². The lowest BCUT2D eigenvalue weighted by Gasteiger charge is -2.14. The summed E-state index contributed by atoms with van der Waals surface area (Å²) in [5, 5.41) is 31.5. The first-order chi connectivity index (χ1) is 60.9. The van der Waals surface area contributed by atoms with Gasteiger partial charge in [-0.1, -0.05) is 358 Å². The van der Waals surface area contributed by atoms with E-state index in [0.717, 1.165) is 0 Å². The van der Waals surface area contributed by atoms with E-state index in [1.807, 2.05) is 34.0 Å². The summed E-state index contributed by atoms with van der Waals surface area (Å²) in [4.78, 5) is 0. The van der Waals surface area contributed by atoms with Gasteiger partial charge < -0.3 is 0 Å². The highest BCUT2D eigenvalue weighted by Gasteiger charge is 2.19. The van der Waals surface area contributed by atoms with Crippen molar-refractivity contribution >= 4 is 191 Å². The molecule has 3 heterocycles. The third-order valence-corrected chi connectivity index (χ3v) is 28.8. The van der Waals surface area contributed by atoms with Gasteiger partial charge in [0.15, 0.2) is 0 Å². The lowest BCUT2D eigenvalue weighted by Crippen LogP contribution is -1.87. The number of hydrogen-bond donors (Lipinski definition) is 0. The van der Waals surface area contributed by atoms with Gasteiger partial charge in [0.25, 0.3) is 0 Å². The monoisotopic (exact) mass is 1610 g/mol. The number of thiophene rings is 3. The summed E-state index contributed by atoms with van der Waals surface area (Å²) in [5.41, 5.74) is 19.9. The molecule has 3 heteroatoms. The lowest BCUT2D eigenvalue weighted by molar-refractivity contribution is 1.59. The Morgan fingerprint density at radius 1 is 0.0894 bits per heavy atom. The predicted molar refractivity (Wildman–Crippen MR) is 539 cm³/mol. The number of rotatable bonds is 8. The van der Waals surface area contributed by atoms with Crippen LogP contribution in [-0.4, -0.2) is 0 Å². The fourth-order valence-corrected chi connectivity index (χ4v) is 22.7. The molecule has 0 bridgehead atoms. The molecular formula is C120H74S3.